The van der Waals surface area contributed by atoms with Crippen LogP contribution >= 0.6 is 34.3 Å². The summed E-state index contributed by atoms with van der Waals surface area (Å²) in [6, 6.07) is 9.38. The zero-order valence-electron chi connectivity index (χ0n) is 15.6. The molecule has 2 aromatic carbocycles. The molecule has 29 heavy (non-hydrogen) atoms. The number of hydrogen-bond donors (Lipinski definition) is 0. The first-order valence-corrected chi connectivity index (χ1v) is 11.2. The number of amides is 1. The number of benzene rings is 2. The number of piperazine rings is 1. The number of anilines is 1. The number of carbonyl (C=O) groups excluding carboxylic acids is 1. The predicted octanol–water partition coefficient (Wildman–Crippen LogP) is 4.53. The van der Waals surface area contributed by atoms with Crippen molar-refractivity contribution in [2.24, 2.45) is 0 Å². The lowest BCUT2D eigenvalue weighted by Crippen LogP contribution is -2.48. The fourth-order valence-corrected chi connectivity index (χ4v) is 5.54. The molecule has 2 aromatic heterocycles. The Bertz CT molecular complexity index is 1210. The zero-order chi connectivity index (χ0) is 20.0. The number of methoxy groups -OCH3 is 1. The minimum Gasteiger partial charge on any atom is -0.494 e. The predicted molar refractivity (Wildman–Crippen MR) is 119 cm³/mol. The summed E-state index contributed by atoms with van der Waals surface area (Å²) in [4.78, 5) is 26.1. The smallest absolute Gasteiger partial charge is 0.254 e. The molecule has 0 N–H and O–H groups in total. The number of carbonyl (C=O) groups is 1. The van der Waals surface area contributed by atoms with Gasteiger partial charge < -0.3 is 14.5 Å². The lowest BCUT2D eigenvalue weighted by molar-refractivity contribution is 0.0747. The molecule has 4 aromatic rings. The summed E-state index contributed by atoms with van der Waals surface area (Å²) >= 11 is 9.46. The van der Waals surface area contributed by atoms with Crippen LogP contribution in [-0.2, 0) is 0 Å². The first kappa shape index (κ1) is 18.6. The van der Waals surface area contributed by atoms with Crippen LogP contribution in [-0.4, -0.2) is 54.1 Å². The van der Waals surface area contributed by atoms with Gasteiger partial charge in [0.05, 0.1) is 32.6 Å². The van der Waals surface area contributed by atoms with Crippen LogP contribution in [0.2, 0.25) is 5.02 Å². The highest BCUT2D eigenvalue weighted by Gasteiger charge is 2.25. The highest BCUT2D eigenvalue weighted by atomic mass is 35.5. The van der Waals surface area contributed by atoms with Crippen molar-refractivity contribution in [2.45, 2.75) is 0 Å². The lowest BCUT2D eigenvalue weighted by Gasteiger charge is -2.34. The van der Waals surface area contributed by atoms with Gasteiger partial charge in [0.15, 0.2) is 5.13 Å². The van der Waals surface area contributed by atoms with Crippen molar-refractivity contribution in [3.8, 4) is 5.75 Å². The van der Waals surface area contributed by atoms with E-state index in [1.54, 1.807) is 35.3 Å². The van der Waals surface area contributed by atoms with E-state index in [9.17, 15) is 4.79 Å². The molecule has 0 bridgehead atoms. The van der Waals surface area contributed by atoms with Crippen LogP contribution in [0.25, 0.3) is 20.4 Å². The zero-order valence-corrected chi connectivity index (χ0v) is 18.0. The molecular formula is C20H17ClN4O2S2. The van der Waals surface area contributed by atoms with Gasteiger partial charge in [-0.05, 0) is 30.3 Å². The first-order valence-electron chi connectivity index (χ1n) is 9.14. The van der Waals surface area contributed by atoms with Crippen LogP contribution in [0.5, 0.6) is 5.75 Å². The normalized spacial score (nSPS) is 14.7. The number of aromatic nitrogens is 2. The summed E-state index contributed by atoms with van der Waals surface area (Å²) in [5.41, 5.74) is 4.24. The molecule has 1 aliphatic heterocycles. The average Bonchev–Trinajstić information content (AvgIpc) is 3.41. The van der Waals surface area contributed by atoms with Gasteiger partial charge in [-0.15, -0.1) is 11.3 Å². The van der Waals surface area contributed by atoms with Crippen LogP contribution in [0.15, 0.2) is 35.8 Å². The van der Waals surface area contributed by atoms with Crippen molar-refractivity contribution in [1.29, 1.82) is 0 Å². The molecule has 1 fully saturated rings. The average molecular weight is 445 g/mol. The van der Waals surface area contributed by atoms with E-state index in [4.69, 9.17) is 21.3 Å². The lowest BCUT2D eigenvalue weighted by atomic mass is 10.1. The molecule has 1 saturated heterocycles. The number of halogens is 1. The van der Waals surface area contributed by atoms with Gasteiger partial charge in [0.1, 0.15) is 11.3 Å². The molecule has 5 rings (SSSR count). The summed E-state index contributed by atoms with van der Waals surface area (Å²) in [7, 11) is 1.63. The summed E-state index contributed by atoms with van der Waals surface area (Å²) in [5, 5.41) is 1.58. The minimum atomic E-state index is 0.0639. The van der Waals surface area contributed by atoms with E-state index < -0.39 is 0 Å². The van der Waals surface area contributed by atoms with E-state index >= 15 is 0 Å². The Morgan fingerprint density at radius 2 is 2.00 bits per heavy atom. The molecular weight excluding hydrogens is 428 g/mol. The number of rotatable bonds is 3. The standard InChI is InChI=1S/C20H17ClN4O2S2/c1-27-15-5-3-13(21)18-17(15)23-20(29-18)25-8-6-24(7-9-25)19(26)12-2-4-14-16(10-12)28-11-22-14/h2-5,10-11H,6-9H2,1H3. The largest absolute Gasteiger partial charge is 0.494 e. The Kier molecular flexibility index (Phi) is 4.77. The molecule has 0 atom stereocenters. The Morgan fingerprint density at radius 1 is 1.17 bits per heavy atom. The van der Waals surface area contributed by atoms with Gasteiger partial charge >= 0.3 is 0 Å². The number of ether oxygens (including phenoxy) is 1. The molecule has 0 saturated carbocycles. The van der Waals surface area contributed by atoms with E-state index in [1.807, 2.05) is 35.2 Å². The van der Waals surface area contributed by atoms with Gasteiger partial charge in [-0.25, -0.2) is 9.97 Å². The van der Waals surface area contributed by atoms with Crippen molar-refractivity contribution in [3.05, 3.63) is 46.4 Å². The molecule has 148 valence electrons. The molecule has 0 unspecified atom stereocenters. The molecule has 1 aliphatic rings. The fraction of sp³-hybridized carbons (Fsp3) is 0.250. The Hall–Kier alpha value is -2.42. The number of fused-ring (bicyclic) bond motifs is 2. The van der Waals surface area contributed by atoms with Gasteiger partial charge in [-0.1, -0.05) is 22.9 Å². The van der Waals surface area contributed by atoms with Crippen LogP contribution in [0.3, 0.4) is 0 Å². The third-order valence-corrected chi connectivity index (χ3v) is 7.45. The van der Waals surface area contributed by atoms with E-state index in [2.05, 4.69) is 9.88 Å². The second kappa shape index (κ2) is 7.44. The van der Waals surface area contributed by atoms with Crippen molar-refractivity contribution in [1.82, 2.24) is 14.9 Å². The Balaban J connectivity index is 1.33. The van der Waals surface area contributed by atoms with Crippen LogP contribution < -0.4 is 9.64 Å². The van der Waals surface area contributed by atoms with Crippen molar-refractivity contribution >= 4 is 65.7 Å². The quantitative estimate of drug-likeness (QED) is 0.464. The highest BCUT2D eigenvalue weighted by Crippen LogP contribution is 2.38. The van der Waals surface area contributed by atoms with Gasteiger partial charge in [0.2, 0.25) is 0 Å². The molecule has 9 heteroatoms. The minimum absolute atomic E-state index is 0.0639. The Morgan fingerprint density at radius 3 is 2.79 bits per heavy atom. The van der Waals surface area contributed by atoms with E-state index in [1.165, 1.54) is 0 Å². The van der Waals surface area contributed by atoms with Gasteiger partial charge in [-0.2, -0.15) is 0 Å². The van der Waals surface area contributed by atoms with Crippen molar-refractivity contribution in [2.75, 3.05) is 38.2 Å². The molecule has 0 spiro atoms. The number of hydrogen-bond acceptors (Lipinski definition) is 7. The van der Waals surface area contributed by atoms with Crippen LogP contribution in [0.4, 0.5) is 5.13 Å². The number of thiazole rings is 2. The third-order valence-electron chi connectivity index (χ3n) is 5.08. The SMILES string of the molecule is COc1ccc(Cl)c2sc(N3CCN(C(=O)c4ccc5ncsc5c4)CC3)nc12. The van der Waals surface area contributed by atoms with E-state index in [0.29, 0.717) is 23.7 Å². The van der Waals surface area contributed by atoms with Gasteiger partial charge in [-0.3, -0.25) is 4.79 Å². The monoisotopic (exact) mass is 444 g/mol. The van der Waals surface area contributed by atoms with Crippen LogP contribution in [0.1, 0.15) is 10.4 Å². The van der Waals surface area contributed by atoms with Crippen LogP contribution in [0, 0.1) is 0 Å². The van der Waals surface area contributed by atoms with Crippen molar-refractivity contribution in [3.63, 3.8) is 0 Å². The van der Waals surface area contributed by atoms with Gasteiger partial charge in [0.25, 0.3) is 5.91 Å². The van der Waals surface area contributed by atoms with E-state index in [-0.39, 0.29) is 5.91 Å². The maximum atomic E-state index is 12.9. The van der Waals surface area contributed by atoms with Crippen molar-refractivity contribution < 1.29 is 9.53 Å². The molecule has 1 amide bonds. The van der Waals surface area contributed by atoms with Gasteiger partial charge in [0, 0.05) is 31.7 Å². The maximum absolute atomic E-state index is 12.9. The summed E-state index contributed by atoms with van der Waals surface area (Å²) in [6.45, 7) is 2.77. The molecule has 0 aliphatic carbocycles. The topological polar surface area (TPSA) is 58.6 Å². The maximum Gasteiger partial charge on any atom is 0.254 e. The summed E-state index contributed by atoms with van der Waals surface area (Å²) < 4.78 is 7.38. The Labute approximate surface area is 180 Å². The molecule has 0 radical (unpaired) electrons. The first-order chi connectivity index (χ1) is 14.1. The fourth-order valence-electron chi connectivity index (χ4n) is 3.51. The highest BCUT2D eigenvalue weighted by molar-refractivity contribution is 7.22. The second-order valence-corrected chi connectivity index (χ2v) is 9.01. The second-order valence-electron chi connectivity index (χ2n) is 6.74. The molecule has 6 nitrogen and oxygen atoms in total. The third kappa shape index (κ3) is 3.31. The summed E-state index contributed by atoms with van der Waals surface area (Å²) in [5.74, 6) is 0.785. The summed E-state index contributed by atoms with van der Waals surface area (Å²) in [6.07, 6.45) is 0. The molecule has 3 heterocycles. The van der Waals surface area contributed by atoms with E-state index in [0.717, 1.165) is 44.4 Å². The number of nitrogens with zero attached hydrogens (tertiary/aromatic N) is 4.